The molecule has 0 spiro atoms. The smallest absolute Gasteiger partial charge is 0.412 e. The van der Waals surface area contributed by atoms with E-state index in [-0.39, 0.29) is 69.3 Å². The molecule has 0 aliphatic carbocycles. The van der Waals surface area contributed by atoms with Gasteiger partial charge in [-0.05, 0) is 45.4 Å². The Morgan fingerprint density at radius 1 is 1.26 bits per heavy atom. The Labute approximate surface area is 248 Å². The van der Waals surface area contributed by atoms with E-state index in [2.05, 4.69) is 20.3 Å². The van der Waals surface area contributed by atoms with Crippen LogP contribution in [0.5, 0.6) is 6.01 Å². The molecule has 224 valence electrons. The van der Waals surface area contributed by atoms with E-state index in [0.29, 0.717) is 29.5 Å². The van der Waals surface area contributed by atoms with Crippen molar-refractivity contribution in [1.82, 2.24) is 19.9 Å². The highest BCUT2D eigenvalue weighted by atomic mass is 32.1. The Morgan fingerprint density at radius 3 is 2.72 bits per heavy atom. The van der Waals surface area contributed by atoms with Gasteiger partial charge in [0.05, 0.1) is 35.4 Å². The molecule has 0 radical (unpaired) electrons. The molecule has 14 heteroatoms. The number of rotatable bonds is 5. The fourth-order valence-corrected chi connectivity index (χ4v) is 6.48. The van der Waals surface area contributed by atoms with Gasteiger partial charge < -0.3 is 14.2 Å². The van der Waals surface area contributed by atoms with Crippen molar-refractivity contribution < 1.29 is 32.2 Å². The van der Waals surface area contributed by atoms with Crippen LogP contribution in [0.1, 0.15) is 43.9 Å². The van der Waals surface area contributed by atoms with E-state index < -0.39 is 29.5 Å². The number of benzene rings is 1. The second-order valence-corrected chi connectivity index (χ2v) is 12.5. The number of nitriles is 1. The standard InChI is InChI=1S/C29H27F3N6O4S/c1-29(2,3)42-28(39)37-26-15(6-33)21-24(34-8-19(31)25(21)43-26)20-18-12-40-11-17(18)16-7-35-27(36-23(16)22(20)32)41-10-14-5-13(30)9-38(14)4/h7-8,13-14H,5,9-12H2,1-4H3,(H,37,39)/t13-,14-/m0/s1. The summed E-state index contributed by atoms with van der Waals surface area (Å²) in [7, 11) is 1.80. The summed E-state index contributed by atoms with van der Waals surface area (Å²) < 4.78 is 62.2. The number of nitrogens with one attached hydrogen (secondary N) is 1. The molecular formula is C29H27F3N6O4S. The van der Waals surface area contributed by atoms with E-state index in [1.54, 1.807) is 27.8 Å². The molecule has 0 unspecified atom stereocenters. The van der Waals surface area contributed by atoms with E-state index in [1.165, 1.54) is 6.20 Å². The van der Waals surface area contributed by atoms with Gasteiger partial charge in [0, 0.05) is 35.1 Å². The van der Waals surface area contributed by atoms with Crippen molar-refractivity contribution in [2.75, 3.05) is 25.5 Å². The van der Waals surface area contributed by atoms with Crippen molar-refractivity contribution >= 4 is 43.4 Å². The van der Waals surface area contributed by atoms with Gasteiger partial charge in [-0.2, -0.15) is 10.2 Å². The zero-order valence-corrected chi connectivity index (χ0v) is 24.6. The molecule has 1 saturated heterocycles. The van der Waals surface area contributed by atoms with Crippen molar-refractivity contribution in [2.24, 2.45) is 0 Å². The minimum atomic E-state index is -0.950. The molecule has 1 fully saturated rings. The normalized spacial score (nSPS) is 18.7. The van der Waals surface area contributed by atoms with Crippen LogP contribution >= 0.6 is 11.3 Å². The molecule has 10 nitrogen and oxygen atoms in total. The zero-order valence-electron chi connectivity index (χ0n) is 23.8. The SMILES string of the molecule is CN1C[C@@H](F)C[C@H]1COc1ncc2c3c(c(-c4ncc(F)c5sc(NC(=O)OC(C)(C)C)c(C#N)c45)c(F)c2n1)COC3. The molecule has 0 bridgehead atoms. The van der Waals surface area contributed by atoms with Gasteiger partial charge in [0.15, 0.2) is 11.6 Å². The van der Waals surface area contributed by atoms with E-state index in [9.17, 15) is 14.4 Å². The monoisotopic (exact) mass is 612 g/mol. The molecule has 4 aromatic rings. The average Bonchev–Trinajstić information content (AvgIpc) is 3.64. The Bertz CT molecular complexity index is 1820. The average molecular weight is 613 g/mol. The lowest BCUT2D eigenvalue weighted by Crippen LogP contribution is -2.30. The number of nitrogens with zero attached hydrogens (tertiary/aromatic N) is 5. The first-order valence-electron chi connectivity index (χ1n) is 13.5. The number of carbonyl (C=O) groups excluding carboxylic acids is 1. The first kappa shape index (κ1) is 29.0. The number of anilines is 1. The van der Waals surface area contributed by atoms with Crippen LogP contribution in [-0.4, -0.2) is 64.0 Å². The molecule has 6 rings (SSSR count). The summed E-state index contributed by atoms with van der Waals surface area (Å²) in [5.41, 5.74) is 0.155. The zero-order chi connectivity index (χ0) is 30.6. The summed E-state index contributed by atoms with van der Waals surface area (Å²) in [6.45, 7) is 5.67. The first-order valence-corrected chi connectivity index (χ1v) is 14.3. The summed E-state index contributed by atoms with van der Waals surface area (Å²) in [4.78, 5) is 27.2. The van der Waals surface area contributed by atoms with Gasteiger partial charge >= 0.3 is 12.1 Å². The number of alkyl halides is 1. The van der Waals surface area contributed by atoms with Crippen molar-refractivity contribution in [3.05, 3.63) is 40.7 Å². The molecule has 5 heterocycles. The third-order valence-corrected chi connectivity index (χ3v) is 8.47. The highest BCUT2D eigenvalue weighted by molar-refractivity contribution is 7.23. The predicted octanol–water partition coefficient (Wildman–Crippen LogP) is 5.85. The maximum absolute atomic E-state index is 16.5. The number of hydrogen-bond donors (Lipinski definition) is 1. The number of carbonyl (C=O) groups is 1. The van der Waals surface area contributed by atoms with Crippen LogP contribution in [0.3, 0.4) is 0 Å². The molecule has 3 aromatic heterocycles. The van der Waals surface area contributed by atoms with Crippen LogP contribution in [0.25, 0.3) is 32.2 Å². The van der Waals surface area contributed by atoms with E-state index in [4.69, 9.17) is 14.2 Å². The van der Waals surface area contributed by atoms with Crippen LogP contribution in [-0.2, 0) is 22.7 Å². The van der Waals surface area contributed by atoms with Gasteiger partial charge in [-0.3, -0.25) is 15.2 Å². The van der Waals surface area contributed by atoms with Crippen molar-refractivity contribution in [3.8, 4) is 23.3 Å². The van der Waals surface area contributed by atoms with Crippen molar-refractivity contribution in [1.29, 1.82) is 5.26 Å². The highest BCUT2D eigenvalue weighted by Crippen LogP contribution is 2.45. The fraction of sp³-hybridized carbons (Fsp3) is 0.414. The van der Waals surface area contributed by atoms with E-state index in [0.717, 1.165) is 17.5 Å². The lowest BCUT2D eigenvalue weighted by molar-refractivity contribution is 0.0636. The number of halogens is 3. The van der Waals surface area contributed by atoms with Crippen LogP contribution in [0.15, 0.2) is 12.4 Å². The largest absolute Gasteiger partial charge is 0.462 e. The van der Waals surface area contributed by atoms with Crippen LogP contribution in [0.4, 0.5) is 23.0 Å². The molecule has 43 heavy (non-hydrogen) atoms. The van der Waals surface area contributed by atoms with E-state index in [1.807, 2.05) is 11.0 Å². The maximum Gasteiger partial charge on any atom is 0.412 e. The highest BCUT2D eigenvalue weighted by Gasteiger charge is 2.32. The van der Waals surface area contributed by atoms with Gasteiger partial charge in [-0.15, -0.1) is 11.3 Å². The number of aromatic nitrogens is 3. The van der Waals surface area contributed by atoms with Gasteiger partial charge in [0.1, 0.15) is 35.0 Å². The van der Waals surface area contributed by atoms with Gasteiger partial charge in [0.25, 0.3) is 0 Å². The minimum absolute atomic E-state index is 0.00330. The van der Waals surface area contributed by atoms with Gasteiger partial charge in [0.2, 0.25) is 0 Å². The minimum Gasteiger partial charge on any atom is -0.462 e. The number of ether oxygens (including phenoxy) is 3. The Kier molecular flexibility index (Phi) is 7.35. The molecule has 1 amide bonds. The third kappa shape index (κ3) is 5.32. The van der Waals surface area contributed by atoms with Gasteiger partial charge in [-0.1, -0.05) is 0 Å². The second kappa shape index (κ2) is 10.9. The fourth-order valence-electron chi connectivity index (χ4n) is 5.44. The molecule has 1 N–H and O–H groups in total. The second-order valence-electron chi connectivity index (χ2n) is 11.5. The summed E-state index contributed by atoms with van der Waals surface area (Å²) in [5, 5.41) is 13.1. The predicted molar refractivity (Wildman–Crippen MR) is 153 cm³/mol. The number of amides is 1. The molecule has 2 aliphatic rings. The maximum atomic E-state index is 16.5. The van der Waals surface area contributed by atoms with Crippen molar-refractivity contribution in [2.45, 2.75) is 58.2 Å². The van der Waals surface area contributed by atoms with E-state index >= 15 is 8.78 Å². The lowest BCUT2D eigenvalue weighted by Gasteiger charge is -2.19. The molecular weight excluding hydrogens is 585 g/mol. The lowest BCUT2D eigenvalue weighted by atomic mass is 9.94. The third-order valence-electron chi connectivity index (χ3n) is 7.35. The summed E-state index contributed by atoms with van der Waals surface area (Å²) in [5.74, 6) is -1.51. The summed E-state index contributed by atoms with van der Waals surface area (Å²) >= 11 is 0.823. The van der Waals surface area contributed by atoms with Crippen LogP contribution in [0.2, 0.25) is 0 Å². The summed E-state index contributed by atoms with van der Waals surface area (Å²) in [6.07, 6.45) is 0.937. The number of pyridine rings is 1. The Hall–Kier alpha value is -4.06. The van der Waals surface area contributed by atoms with Crippen molar-refractivity contribution in [3.63, 3.8) is 0 Å². The topological polar surface area (TPSA) is 122 Å². The molecule has 0 saturated carbocycles. The first-order chi connectivity index (χ1) is 20.4. The van der Waals surface area contributed by atoms with Crippen LogP contribution < -0.4 is 10.1 Å². The number of likely N-dealkylation sites (N-methyl/N-ethyl adjacent to an activating group) is 1. The quantitative estimate of drug-likeness (QED) is 0.296. The molecule has 2 aliphatic heterocycles. The number of thiophene rings is 1. The van der Waals surface area contributed by atoms with Crippen LogP contribution in [0, 0.1) is 23.0 Å². The molecule has 2 atom stereocenters. The van der Waals surface area contributed by atoms with Gasteiger partial charge in [-0.25, -0.2) is 22.9 Å². The number of fused-ring (bicyclic) bond motifs is 4. The Morgan fingerprint density at radius 2 is 2.02 bits per heavy atom. The number of hydrogen-bond acceptors (Lipinski definition) is 10. The number of likely N-dealkylation sites (tertiary alicyclic amines) is 1. The summed E-state index contributed by atoms with van der Waals surface area (Å²) in [6, 6.07) is 1.75. The Balaban J connectivity index is 1.47. The molecule has 1 aromatic carbocycles.